The summed E-state index contributed by atoms with van der Waals surface area (Å²) in [5.74, 6) is -0.233. The van der Waals surface area contributed by atoms with Crippen molar-refractivity contribution in [3.63, 3.8) is 0 Å². The lowest BCUT2D eigenvalue weighted by Crippen LogP contribution is -2.55. The Balaban J connectivity index is 1.60. The van der Waals surface area contributed by atoms with Crippen molar-refractivity contribution in [2.45, 2.75) is 25.4 Å². The van der Waals surface area contributed by atoms with Gasteiger partial charge in [-0.25, -0.2) is 0 Å². The molecule has 39 heavy (non-hydrogen) atoms. The molecular weight excluding hydrogens is 528 g/mol. The third kappa shape index (κ3) is 6.57. The predicted octanol–water partition coefficient (Wildman–Crippen LogP) is 6.55. The number of para-hydroxylation sites is 1. The normalized spacial score (nSPS) is 12.3. The molecule has 0 saturated carbocycles. The molecule has 4 aromatic carbocycles. The lowest BCUT2D eigenvalue weighted by atomic mass is 9.87. The zero-order valence-electron chi connectivity index (χ0n) is 21.8. The number of phenols is 1. The quantitative estimate of drug-likeness (QED) is 0.168. The van der Waals surface area contributed by atoms with Crippen LogP contribution < -0.4 is 20.9 Å². The summed E-state index contributed by atoms with van der Waals surface area (Å²) >= 11 is 12.1. The summed E-state index contributed by atoms with van der Waals surface area (Å²) in [6.07, 6.45) is -0.310. The number of aromatic hydroxyl groups is 1. The Labute approximate surface area is 239 Å². The van der Waals surface area contributed by atoms with Crippen LogP contribution in [0.4, 0.5) is 17.1 Å². The number of carbonyl (C=O) groups excluding carboxylic acids is 1. The Morgan fingerprint density at radius 3 is 2.23 bits per heavy atom. The maximum atomic E-state index is 13.6. The first-order valence-electron chi connectivity index (χ1n) is 12.6. The van der Waals surface area contributed by atoms with Gasteiger partial charge in [-0.1, -0.05) is 73.1 Å². The molecule has 200 valence electrons. The number of nitrogens with zero attached hydrogens (tertiary/aromatic N) is 2. The summed E-state index contributed by atoms with van der Waals surface area (Å²) in [6.45, 7) is 2.11. The molecule has 0 heterocycles. The third-order valence-electron chi connectivity index (χ3n) is 6.52. The fourth-order valence-corrected chi connectivity index (χ4v) is 5.13. The van der Waals surface area contributed by atoms with E-state index in [2.05, 4.69) is 24.4 Å². The van der Waals surface area contributed by atoms with Crippen LogP contribution in [0.25, 0.3) is 0 Å². The monoisotopic (exact) mass is 558 g/mol. The molecular formula is C31H31ClN4O2S. The molecule has 0 saturated heterocycles. The van der Waals surface area contributed by atoms with E-state index in [1.807, 2.05) is 66.7 Å². The molecule has 4 rings (SSSR count). The second-order valence-electron chi connectivity index (χ2n) is 9.09. The number of likely N-dealkylation sites (N-methyl/N-ethyl adjacent to an activating group) is 1. The number of halogens is 1. The maximum Gasteiger partial charge on any atom is 0.264 e. The van der Waals surface area contributed by atoms with Gasteiger partial charge >= 0.3 is 0 Å². The minimum absolute atomic E-state index is 0.0414. The largest absolute Gasteiger partial charge is 0.508 e. The van der Waals surface area contributed by atoms with E-state index in [4.69, 9.17) is 29.6 Å². The predicted molar refractivity (Wildman–Crippen MR) is 164 cm³/mol. The van der Waals surface area contributed by atoms with Crippen LogP contribution in [0.5, 0.6) is 5.75 Å². The zero-order valence-corrected chi connectivity index (χ0v) is 23.4. The smallest absolute Gasteiger partial charge is 0.264 e. The minimum atomic E-state index is -1.13. The summed E-state index contributed by atoms with van der Waals surface area (Å²) in [5.41, 5.74) is 10.6. The van der Waals surface area contributed by atoms with Gasteiger partial charge in [0, 0.05) is 35.4 Å². The average molecular weight is 559 g/mol. The Bertz CT molecular complexity index is 1440. The topological polar surface area (TPSA) is 81.8 Å². The molecule has 0 bridgehead atoms. The number of rotatable bonds is 8. The van der Waals surface area contributed by atoms with Crippen LogP contribution >= 0.6 is 23.8 Å². The van der Waals surface area contributed by atoms with Gasteiger partial charge in [-0.05, 0) is 72.2 Å². The lowest BCUT2D eigenvalue weighted by Gasteiger charge is -2.30. The third-order valence-corrected chi connectivity index (χ3v) is 7.05. The number of amides is 1. The molecule has 2 unspecified atom stereocenters. The van der Waals surface area contributed by atoms with Gasteiger partial charge in [-0.15, -0.1) is 0 Å². The van der Waals surface area contributed by atoms with E-state index in [0.29, 0.717) is 10.7 Å². The summed E-state index contributed by atoms with van der Waals surface area (Å²) in [7, 11) is 1.70. The number of anilines is 3. The van der Waals surface area contributed by atoms with Crippen molar-refractivity contribution in [3.05, 3.63) is 119 Å². The molecule has 0 fully saturated rings. The second kappa shape index (κ2) is 12.8. The molecule has 0 radical (unpaired) electrons. The molecule has 0 aliphatic carbocycles. The molecule has 0 aliphatic heterocycles. The highest BCUT2D eigenvalue weighted by Crippen LogP contribution is 2.36. The van der Waals surface area contributed by atoms with Crippen LogP contribution in [0.2, 0.25) is 5.02 Å². The van der Waals surface area contributed by atoms with Crippen LogP contribution in [0, 0.1) is 0 Å². The SMILES string of the molecule is CCC(c1ccccc1)c1cc(Cl)ccc1N(C)C(=O)C(N)NC(=S)N(c1ccccc1)c1cccc(O)c1. The lowest BCUT2D eigenvalue weighted by molar-refractivity contribution is -0.119. The molecule has 4 aromatic rings. The van der Waals surface area contributed by atoms with Gasteiger partial charge in [0.2, 0.25) is 0 Å². The van der Waals surface area contributed by atoms with Crippen molar-refractivity contribution < 1.29 is 9.90 Å². The van der Waals surface area contributed by atoms with Crippen molar-refractivity contribution >= 4 is 51.9 Å². The number of thiocarbonyl (C=S) groups is 1. The van der Waals surface area contributed by atoms with Crippen LogP contribution in [-0.4, -0.2) is 29.3 Å². The Hall–Kier alpha value is -3.91. The molecule has 2 atom stereocenters. The molecule has 8 heteroatoms. The highest BCUT2D eigenvalue weighted by molar-refractivity contribution is 7.80. The number of nitrogens with two attached hydrogens (primary N) is 1. The molecule has 0 spiro atoms. The minimum Gasteiger partial charge on any atom is -0.508 e. The number of nitrogens with one attached hydrogen (secondary N) is 1. The van der Waals surface area contributed by atoms with Gasteiger partial charge in [0.05, 0.1) is 5.69 Å². The van der Waals surface area contributed by atoms with Crippen molar-refractivity contribution in [1.29, 1.82) is 0 Å². The average Bonchev–Trinajstić information content (AvgIpc) is 2.94. The standard InChI is InChI=1S/C31H31ClN4O2S/c1-3-26(21-11-6-4-7-12-21)27-19-22(32)17-18-28(27)35(2)30(38)29(33)34-31(39)36(23-13-8-5-9-14-23)24-15-10-16-25(37)20-24/h4-20,26,29,37H,3,33H2,1-2H3,(H,34,39). The van der Waals surface area contributed by atoms with E-state index in [1.54, 1.807) is 41.1 Å². The molecule has 0 aliphatic rings. The first-order chi connectivity index (χ1) is 18.8. The van der Waals surface area contributed by atoms with E-state index in [0.717, 1.165) is 28.9 Å². The van der Waals surface area contributed by atoms with Gasteiger partial charge < -0.3 is 21.1 Å². The van der Waals surface area contributed by atoms with E-state index in [-0.39, 0.29) is 22.7 Å². The first kappa shape index (κ1) is 28.1. The zero-order chi connectivity index (χ0) is 27.9. The van der Waals surface area contributed by atoms with Crippen LogP contribution in [0.1, 0.15) is 30.4 Å². The fraction of sp³-hybridized carbons (Fsp3) is 0.161. The van der Waals surface area contributed by atoms with E-state index >= 15 is 0 Å². The number of hydrogen-bond acceptors (Lipinski definition) is 4. The number of carbonyl (C=O) groups is 1. The first-order valence-corrected chi connectivity index (χ1v) is 13.4. The van der Waals surface area contributed by atoms with Crippen molar-refractivity contribution in [1.82, 2.24) is 5.32 Å². The Morgan fingerprint density at radius 1 is 0.949 bits per heavy atom. The van der Waals surface area contributed by atoms with E-state index in [9.17, 15) is 9.90 Å². The van der Waals surface area contributed by atoms with Gasteiger partial charge in [-0.3, -0.25) is 9.69 Å². The van der Waals surface area contributed by atoms with Crippen LogP contribution in [0.15, 0.2) is 103 Å². The number of hydrogen-bond donors (Lipinski definition) is 3. The number of phenolic OH excluding ortho intramolecular Hbond substituents is 1. The van der Waals surface area contributed by atoms with Crippen molar-refractivity contribution in [2.24, 2.45) is 5.73 Å². The molecule has 1 amide bonds. The van der Waals surface area contributed by atoms with Gasteiger partial charge in [0.15, 0.2) is 11.3 Å². The molecule has 0 aromatic heterocycles. The van der Waals surface area contributed by atoms with Crippen molar-refractivity contribution in [3.8, 4) is 5.75 Å². The van der Waals surface area contributed by atoms with Crippen LogP contribution in [-0.2, 0) is 4.79 Å². The van der Waals surface area contributed by atoms with Crippen LogP contribution in [0.3, 0.4) is 0 Å². The van der Waals surface area contributed by atoms with Gasteiger partial charge in [-0.2, -0.15) is 0 Å². The number of benzene rings is 4. The van der Waals surface area contributed by atoms with E-state index in [1.165, 1.54) is 0 Å². The summed E-state index contributed by atoms with van der Waals surface area (Å²) in [4.78, 5) is 16.9. The Kier molecular flexibility index (Phi) is 9.19. The van der Waals surface area contributed by atoms with Gasteiger partial charge in [0.25, 0.3) is 5.91 Å². The fourth-order valence-electron chi connectivity index (χ4n) is 4.61. The van der Waals surface area contributed by atoms with Crippen molar-refractivity contribution in [2.75, 3.05) is 16.8 Å². The highest BCUT2D eigenvalue weighted by Gasteiger charge is 2.26. The summed E-state index contributed by atoms with van der Waals surface area (Å²) in [5, 5.41) is 13.9. The summed E-state index contributed by atoms with van der Waals surface area (Å²) in [6, 6.07) is 31.8. The van der Waals surface area contributed by atoms with E-state index < -0.39 is 6.17 Å². The second-order valence-corrected chi connectivity index (χ2v) is 9.91. The highest BCUT2D eigenvalue weighted by atomic mass is 35.5. The molecule has 6 nitrogen and oxygen atoms in total. The van der Waals surface area contributed by atoms with Gasteiger partial charge in [0.1, 0.15) is 5.75 Å². The summed E-state index contributed by atoms with van der Waals surface area (Å²) < 4.78 is 0. The maximum absolute atomic E-state index is 13.6. The molecule has 4 N–H and O–H groups in total. The Morgan fingerprint density at radius 2 is 1.59 bits per heavy atom.